The molecule has 0 saturated heterocycles. The van der Waals surface area contributed by atoms with Crippen molar-refractivity contribution in [3.8, 4) is 0 Å². The summed E-state index contributed by atoms with van der Waals surface area (Å²) >= 11 is 0. The normalized spacial score (nSPS) is 22.6. The second kappa shape index (κ2) is 5.14. The molecule has 2 fully saturated rings. The van der Waals surface area contributed by atoms with Crippen LogP contribution >= 0.6 is 0 Å². The standard InChI is InChI=1S/C18H26FN/c1-14(2)10-20-13-18(11-17(12-18)8-5-9-17)15-6-3-4-7-16(15)19/h3-4,6-7,14,20H,5,8-13H2,1-2H3. The summed E-state index contributed by atoms with van der Waals surface area (Å²) in [6.45, 7) is 6.38. The number of hydrogen-bond donors (Lipinski definition) is 1. The summed E-state index contributed by atoms with van der Waals surface area (Å²) in [6.07, 6.45) is 6.42. The molecule has 1 aromatic rings. The van der Waals surface area contributed by atoms with Crippen LogP contribution in [0.25, 0.3) is 0 Å². The maximum absolute atomic E-state index is 14.2. The Morgan fingerprint density at radius 2 is 1.90 bits per heavy atom. The Kier molecular flexibility index (Phi) is 3.62. The van der Waals surface area contributed by atoms with E-state index in [4.69, 9.17) is 0 Å². The summed E-state index contributed by atoms with van der Waals surface area (Å²) in [4.78, 5) is 0. The molecule has 2 saturated carbocycles. The Balaban J connectivity index is 1.76. The van der Waals surface area contributed by atoms with Crippen molar-refractivity contribution in [2.75, 3.05) is 13.1 Å². The Bertz CT molecular complexity index is 468. The van der Waals surface area contributed by atoms with Crippen molar-refractivity contribution < 1.29 is 4.39 Å². The Morgan fingerprint density at radius 1 is 1.20 bits per heavy atom. The van der Waals surface area contributed by atoms with Crippen LogP contribution in [0.4, 0.5) is 4.39 Å². The number of benzene rings is 1. The molecule has 0 atom stereocenters. The van der Waals surface area contributed by atoms with Gasteiger partial charge in [-0.05, 0) is 55.2 Å². The van der Waals surface area contributed by atoms with E-state index in [2.05, 4.69) is 19.2 Å². The van der Waals surface area contributed by atoms with Gasteiger partial charge in [0.25, 0.3) is 0 Å². The Hall–Kier alpha value is -0.890. The topological polar surface area (TPSA) is 12.0 Å². The van der Waals surface area contributed by atoms with Crippen molar-refractivity contribution in [1.29, 1.82) is 0 Å². The van der Waals surface area contributed by atoms with Crippen LogP contribution in [0.1, 0.15) is 51.5 Å². The zero-order valence-electron chi connectivity index (χ0n) is 12.7. The first-order valence-electron chi connectivity index (χ1n) is 8.01. The van der Waals surface area contributed by atoms with Crippen LogP contribution in [0, 0.1) is 17.2 Å². The van der Waals surface area contributed by atoms with Crippen LogP contribution in [0.2, 0.25) is 0 Å². The highest BCUT2D eigenvalue weighted by molar-refractivity contribution is 5.33. The summed E-state index contributed by atoms with van der Waals surface area (Å²) < 4.78 is 14.2. The zero-order chi connectivity index (χ0) is 14.2. The minimum absolute atomic E-state index is 0.0204. The fourth-order valence-corrected chi connectivity index (χ4v) is 4.32. The highest BCUT2D eigenvalue weighted by atomic mass is 19.1. The van der Waals surface area contributed by atoms with Crippen LogP contribution < -0.4 is 5.32 Å². The van der Waals surface area contributed by atoms with Gasteiger partial charge in [0.15, 0.2) is 0 Å². The molecular weight excluding hydrogens is 249 g/mol. The van der Waals surface area contributed by atoms with Gasteiger partial charge >= 0.3 is 0 Å². The average molecular weight is 275 g/mol. The molecule has 110 valence electrons. The summed E-state index contributed by atoms with van der Waals surface area (Å²) in [6, 6.07) is 7.39. The molecule has 3 rings (SSSR count). The van der Waals surface area contributed by atoms with Crippen molar-refractivity contribution in [2.24, 2.45) is 11.3 Å². The van der Waals surface area contributed by atoms with E-state index in [-0.39, 0.29) is 11.2 Å². The largest absolute Gasteiger partial charge is 0.316 e. The molecule has 1 N–H and O–H groups in total. The van der Waals surface area contributed by atoms with Crippen molar-refractivity contribution in [2.45, 2.75) is 51.4 Å². The van der Waals surface area contributed by atoms with E-state index in [1.165, 1.54) is 32.1 Å². The van der Waals surface area contributed by atoms with Gasteiger partial charge in [-0.25, -0.2) is 4.39 Å². The summed E-state index contributed by atoms with van der Waals surface area (Å²) in [5.74, 6) is 0.624. The van der Waals surface area contributed by atoms with Gasteiger partial charge in [0.1, 0.15) is 5.82 Å². The highest BCUT2D eigenvalue weighted by Crippen LogP contribution is 2.64. The summed E-state index contributed by atoms with van der Waals surface area (Å²) in [5.41, 5.74) is 1.54. The molecule has 0 amide bonds. The second-order valence-electron chi connectivity index (χ2n) is 7.49. The lowest BCUT2D eigenvalue weighted by molar-refractivity contribution is -0.0498. The van der Waals surface area contributed by atoms with Gasteiger partial charge in [-0.15, -0.1) is 0 Å². The number of hydrogen-bond acceptors (Lipinski definition) is 1. The average Bonchev–Trinajstić information content (AvgIpc) is 2.31. The van der Waals surface area contributed by atoms with Crippen molar-refractivity contribution in [3.05, 3.63) is 35.6 Å². The molecule has 0 heterocycles. The van der Waals surface area contributed by atoms with E-state index in [1.54, 1.807) is 12.1 Å². The van der Waals surface area contributed by atoms with Crippen LogP contribution in [0.15, 0.2) is 24.3 Å². The van der Waals surface area contributed by atoms with Gasteiger partial charge in [-0.2, -0.15) is 0 Å². The summed E-state index contributed by atoms with van der Waals surface area (Å²) in [5, 5.41) is 3.57. The molecule has 0 aromatic heterocycles. The van der Waals surface area contributed by atoms with Gasteiger partial charge in [0.05, 0.1) is 0 Å². The second-order valence-corrected chi connectivity index (χ2v) is 7.49. The Morgan fingerprint density at radius 3 is 2.45 bits per heavy atom. The lowest BCUT2D eigenvalue weighted by atomic mass is 9.43. The molecule has 0 unspecified atom stereocenters. The smallest absolute Gasteiger partial charge is 0.127 e. The predicted octanol–water partition coefficient (Wildman–Crippen LogP) is 4.27. The fourth-order valence-electron chi connectivity index (χ4n) is 4.32. The third kappa shape index (κ3) is 2.39. The van der Waals surface area contributed by atoms with Gasteiger partial charge in [0, 0.05) is 12.0 Å². The zero-order valence-corrected chi connectivity index (χ0v) is 12.7. The first kappa shape index (κ1) is 14.1. The highest BCUT2D eigenvalue weighted by Gasteiger charge is 2.57. The molecular formula is C18H26FN. The monoisotopic (exact) mass is 275 g/mol. The number of rotatable bonds is 5. The summed E-state index contributed by atoms with van der Waals surface area (Å²) in [7, 11) is 0. The van der Waals surface area contributed by atoms with Crippen LogP contribution in [-0.4, -0.2) is 13.1 Å². The molecule has 2 heteroatoms. The lowest BCUT2D eigenvalue weighted by Gasteiger charge is -2.61. The molecule has 2 aliphatic rings. The van der Waals surface area contributed by atoms with Crippen molar-refractivity contribution in [1.82, 2.24) is 5.32 Å². The Labute approximate surface area is 122 Å². The van der Waals surface area contributed by atoms with E-state index in [0.717, 1.165) is 18.7 Å². The van der Waals surface area contributed by atoms with E-state index in [1.807, 2.05) is 12.1 Å². The van der Waals surface area contributed by atoms with Crippen LogP contribution in [0.3, 0.4) is 0 Å². The predicted molar refractivity (Wildman–Crippen MR) is 81.3 cm³/mol. The van der Waals surface area contributed by atoms with Crippen molar-refractivity contribution >= 4 is 0 Å². The van der Waals surface area contributed by atoms with E-state index in [0.29, 0.717) is 11.3 Å². The van der Waals surface area contributed by atoms with Crippen LogP contribution in [-0.2, 0) is 5.41 Å². The molecule has 0 bridgehead atoms. The molecule has 1 spiro atoms. The molecule has 0 radical (unpaired) electrons. The molecule has 2 aliphatic carbocycles. The minimum Gasteiger partial charge on any atom is -0.316 e. The quantitative estimate of drug-likeness (QED) is 0.846. The minimum atomic E-state index is -0.0204. The number of nitrogens with one attached hydrogen (secondary N) is 1. The third-order valence-electron chi connectivity index (χ3n) is 5.30. The molecule has 1 aromatic carbocycles. The van der Waals surface area contributed by atoms with Crippen LogP contribution in [0.5, 0.6) is 0 Å². The SMILES string of the molecule is CC(C)CNCC1(c2ccccc2F)CC2(CCC2)C1. The number of halogens is 1. The van der Waals surface area contributed by atoms with E-state index < -0.39 is 0 Å². The van der Waals surface area contributed by atoms with Gasteiger partial charge in [-0.3, -0.25) is 0 Å². The van der Waals surface area contributed by atoms with Gasteiger partial charge in [-0.1, -0.05) is 38.5 Å². The first-order valence-corrected chi connectivity index (χ1v) is 8.01. The van der Waals surface area contributed by atoms with E-state index in [9.17, 15) is 4.39 Å². The maximum atomic E-state index is 14.2. The van der Waals surface area contributed by atoms with Crippen molar-refractivity contribution in [3.63, 3.8) is 0 Å². The maximum Gasteiger partial charge on any atom is 0.127 e. The van der Waals surface area contributed by atoms with E-state index >= 15 is 0 Å². The first-order chi connectivity index (χ1) is 9.55. The van der Waals surface area contributed by atoms with Gasteiger partial charge < -0.3 is 5.32 Å². The van der Waals surface area contributed by atoms with Gasteiger partial charge in [0.2, 0.25) is 0 Å². The molecule has 1 nitrogen and oxygen atoms in total. The molecule has 0 aliphatic heterocycles. The lowest BCUT2D eigenvalue weighted by Crippen LogP contribution is -2.57. The fraction of sp³-hybridized carbons (Fsp3) is 0.667. The molecule has 20 heavy (non-hydrogen) atoms. The third-order valence-corrected chi connectivity index (χ3v) is 5.30.